The smallest absolute Gasteiger partial charge is 0.141 e. The highest BCUT2D eigenvalue weighted by Gasteiger charge is 2.17. The van der Waals surface area contributed by atoms with Crippen LogP contribution >= 0.6 is 11.6 Å². The van der Waals surface area contributed by atoms with Crippen LogP contribution in [0.25, 0.3) is 0 Å². The molecule has 0 saturated heterocycles. The normalized spacial score (nSPS) is 12.4. The molecule has 0 heterocycles. The zero-order valence-corrected chi connectivity index (χ0v) is 13.5. The molecule has 0 radical (unpaired) electrons. The number of benzene rings is 2. The first kappa shape index (κ1) is 16.0. The molecule has 2 rings (SSSR count). The van der Waals surface area contributed by atoms with Crippen LogP contribution in [-0.4, -0.2) is 7.05 Å². The van der Waals surface area contributed by atoms with E-state index in [2.05, 4.69) is 37.4 Å². The summed E-state index contributed by atoms with van der Waals surface area (Å²) in [5.74, 6) is -0.381. The molecule has 112 valence electrons. The van der Waals surface area contributed by atoms with Gasteiger partial charge in [0.25, 0.3) is 0 Å². The van der Waals surface area contributed by atoms with Gasteiger partial charge in [0.2, 0.25) is 0 Å². The Kier molecular flexibility index (Phi) is 5.38. The molecule has 2 aromatic rings. The Labute approximate surface area is 131 Å². The summed E-state index contributed by atoms with van der Waals surface area (Å²) in [6, 6.07) is 11.5. The first-order valence-electron chi connectivity index (χ1n) is 7.34. The molecule has 0 aliphatic heterocycles. The van der Waals surface area contributed by atoms with Gasteiger partial charge in [0.15, 0.2) is 0 Å². The molecule has 21 heavy (non-hydrogen) atoms. The van der Waals surface area contributed by atoms with E-state index >= 15 is 0 Å². The Morgan fingerprint density at radius 3 is 2.43 bits per heavy atom. The van der Waals surface area contributed by atoms with Crippen molar-refractivity contribution in [1.29, 1.82) is 0 Å². The van der Waals surface area contributed by atoms with Crippen molar-refractivity contribution < 1.29 is 4.39 Å². The van der Waals surface area contributed by atoms with E-state index in [4.69, 9.17) is 11.6 Å². The summed E-state index contributed by atoms with van der Waals surface area (Å²) in [6.07, 6.45) is 1.96. The Balaban J connectivity index is 2.51. The highest BCUT2D eigenvalue weighted by Crippen LogP contribution is 2.29. The van der Waals surface area contributed by atoms with Crippen molar-refractivity contribution in [1.82, 2.24) is 5.32 Å². The van der Waals surface area contributed by atoms with Crippen LogP contribution in [0.5, 0.6) is 0 Å². The fourth-order valence-corrected chi connectivity index (χ4v) is 2.84. The molecule has 0 spiro atoms. The van der Waals surface area contributed by atoms with E-state index in [1.54, 1.807) is 12.1 Å². The highest BCUT2D eigenvalue weighted by atomic mass is 35.5. The quantitative estimate of drug-likeness (QED) is 0.827. The van der Waals surface area contributed by atoms with Gasteiger partial charge in [-0.2, -0.15) is 0 Å². The van der Waals surface area contributed by atoms with E-state index in [1.807, 2.05) is 7.05 Å². The molecule has 0 saturated carbocycles. The summed E-state index contributed by atoms with van der Waals surface area (Å²) in [7, 11) is 1.92. The first-order valence-corrected chi connectivity index (χ1v) is 7.72. The van der Waals surface area contributed by atoms with Crippen molar-refractivity contribution >= 4 is 11.6 Å². The topological polar surface area (TPSA) is 12.0 Å². The minimum Gasteiger partial charge on any atom is -0.309 e. The van der Waals surface area contributed by atoms with Gasteiger partial charge in [-0.25, -0.2) is 4.39 Å². The number of rotatable bonds is 5. The maximum Gasteiger partial charge on any atom is 0.141 e. The van der Waals surface area contributed by atoms with Gasteiger partial charge in [-0.15, -0.1) is 0 Å². The Morgan fingerprint density at radius 1 is 1.10 bits per heavy atom. The molecule has 0 aliphatic rings. The van der Waals surface area contributed by atoms with Crippen molar-refractivity contribution in [3.63, 3.8) is 0 Å². The van der Waals surface area contributed by atoms with E-state index < -0.39 is 0 Å². The number of halogens is 2. The Hall–Kier alpha value is -1.38. The summed E-state index contributed by atoms with van der Waals surface area (Å²) in [6.45, 7) is 4.29. The van der Waals surface area contributed by atoms with Gasteiger partial charge in [0.05, 0.1) is 11.1 Å². The van der Waals surface area contributed by atoms with Crippen LogP contribution < -0.4 is 5.32 Å². The zero-order chi connectivity index (χ0) is 15.4. The Morgan fingerprint density at radius 2 is 1.86 bits per heavy atom. The van der Waals surface area contributed by atoms with E-state index in [0.29, 0.717) is 0 Å². The first-order chi connectivity index (χ1) is 10.1. The lowest BCUT2D eigenvalue weighted by molar-refractivity contribution is 0.623. The fourth-order valence-electron chi connectivity index (χ4n) is 2.65. The van der Waals surface area contributed by atoms with E-state index in [-0.39, 0.29) is 16.9 Å². The second-order valence-corrected chi connectivity index (χ2v) is 5.54. The minimum atomic E-state index is -0.381. The van der Waals surface area contributed by atoms with Gasteiger partial charge in [-0.3, -0.25) is 0 Å². The predicted molar refractivity (Wildman–Crippen MR) is 87.5 cm³/mol. The molecule has 0 amide bonds. The number of aryl methyl sites for hydroxylation is 2. The third-order valence-corrected chi connectivity index (χ3v) is 4.17. The lowest BCUT2D eigenvalue weighted by atomic mass is 9.91. The summed E-state index contributed by atoms with van der Waals surface area (Å²) >= 11 is 5.93. The predicted octanol–water partition coefficient (Wildman–Crippen LogP) is 4.91. The van der Waals surface area contributed by atoms with Crippen LogP contribution in [0.3, 0.4) is 0 Å². The molecule has 1 unspecified atom stereocenters. The number of hydrogen-bond donors (Lipinski definition) is 1. The molecule has 2 aromatic carbocycles. The molecule has 0 bridgehead atoms. The van der Waals surface area contributed by atoms with Crippen LogP contribution in [0.4, 0.5) is 4.39 Å². The van der Waals surface area contributed by atoms with Gasteiger partial charge < -0.3 is 5.32 Å². The van der Waals surface area contributed by atoms with Crippen molar-refractivity contribution in [2.75, 3.05) is 7.05 Å². The van der Waals surface area contributed by atoms with Crippen LogP contribution in [0, 0.1) is 5.82 Å². The summed E-state index contributed by atoms with van der Waals surface area (Å²) in [5.41, 5.74) is 4.82. The Bertz CT molecular complexity index is 625. The van der Waals surface area contributed by atoms with Gasteiger partial charge in [-0.1, -0.05) is 49.7 Å². The highest BCUT2D eigenvalue weighted by molar-refractivity contribution is 6.30. The molecule has 0 aliphatic carbocycles. The average Bonchev–Trinajstić information content (AvgIpc) is 2.51. The van der Waals surface area contributed by atoms with Crippen LogP contribution in [-0.2, 0) is 12.8 Å². The largest absolute Gasteiger partial charge is 0.309 e. The van der Waals surface area contributed by atoms with Gasteiger partial charge in [0.1, 0.15) is 5.82 Å². The SMILES string of the molecule is CCc1ccc(CC)c(C(NC)c2ccc(F)c(Cl)c2)c1. The fraction of sp³-hybridized carbons (Fsp3) is 0.333. The lowest BCUT2D eigenvalue weighted by Crippen LogP contribution is -2.19. The summed E-state index contributed by atoms with van der Waals surface area (Å²) < 4.78 is 13.4. The molecule has 1 nitrogen and oxygen atoms in total. The number of nitrogens with one attached hydrogen (secondary N) is 1. The van der Waals surface area contributed by atoms with Crippen molar-refractivity contribution in [2.45, 2.75) is 32.7 Å². The monoisotopic (exact) mass is 305 g/mol. The molecular weight excluding hydrogens is 285 g/mol. The maximum absolute atomic E-state index is 13.4. The second-order valence-electron chi connectivity index (χ2n) is 5.14. The third-order valence-electron chi connectivity index (χ3n) is 3.88. The molecule has 0 fully saturated rings. The maximum atomic E-state index is 13.4. The van der Waals surface area contributed by atoms with Crippen molar-refractivity contribution in [3.05, 3.63) is 69.5 Å². The molecule has 0 aromatic heterocycles. The molecular formula is C18H21ClFN. The van der Waals surface area contributed by atoms with Crippen LogP contribution in [0.2, 0.25) is 5.02 Å². The van der Waals surface area contributed by atoms with Crippen LogP contribution in [0.1, 0.15) is 42.1 Å². The van der Waals surface area contributed by atoms with E-state index in [1.165, 1.54) is 22.8 Å². The van der Waals surface area contributed by atoms with Gasteiger partial charge >= 0.3 is 0 Å². The van der Waals surface area contributed by atoms with Crippen molar-refractivity contribution in [2.24, 2.45) is 0 Å². The lowest BCUT2D eigenvalue weighted by Gasteiger charge is -2.21. The molecule has 1 N–H and O–H groups in total. The summed E-state index contributed by atoms with van der Waals surface area (Å²) in [4.78, 5) is 0. The van der Waals surface area contributed by atoms with Gasteiger partial charge in [0, 0.05) is 0 Å². The third kappa shape index (κ3) is 3.45. The van der Waals surface area contributed by atoms with E-state index in [9.17, 15) is 4.39 Å². The van der Waals surface area contributed by atoms with Crippen LogP contribution in [0.15, 0.2) is 36.4 Å². The summed E-state index contributed by atoms with van der Waals surface area (Å²) in [5, 5.41) is 3.49. The van der Waals surface area contributed by atoms with Gasteiger partial charge in [-0.05, 0) is 54.3 Å². The van der Waals surface area contributed by atoms with E-state index in [0.717, 1.165) is 18.4 Å². The van der Waals surface area contributed by atoms with Crippen molar-refractivity contribution in [3.8, 4) is 0 Å². The number of hydrogen-bond acceptors (Lipinski definition) is 1. The zero-order valence-electron chi connectivity index (χ0n) is 12.7. The minimum absolute atomic E-state index is 0.0181. The standard InChI is InChI=1S/C18H21ClFN/c1-4-12-6-7-13(5-2)15(10-12)18(21-3)14-8-9-17(20)16(19)11-14/h6-11,18,21H,4-5H2,1-3H3. The average molecular weight is 306 g/mol. The second kappa shape index (κ2) is 7.06. The molecule has 1 atom stereocenters. The molecule has 3 heteroatoms.